The van der Waals surface area contributed by atoms with Crippen molar-refractivity contribution in [1.82, 2.24) is 29.3 Å². The first-order valence-corrected chi connectivity index (χ1v) is 8.28. The Morgan fingerprint density at radius 3 is 2.92 bits per heavy atom. The van der Waals surface area contributed by atoms with E-state index in [1.165, 1.54) is 0 Å². The third-order valence-electron chi connectivity index (χ3n) is 4.26. The van der Waals surface area contributed by atoms with Crippen LogP contribution in [0.1, 0.15) is 17.1 Å². The second-order valence-electron chi connectivity index (χ2n) is 6.68. The molecule has 0 saturated carbocycles. The van der Waals surface area contributed by atoms with E-state index in [0.717, 1.165) is 17.1 Å². The fourth-order valence-electron chi connectivity index (χ4n) is 3.02. The van der Waals surface area contributed by atoms with Gasteiger partial charge in [-0.15, -0.1) is 0 Å². The number of carbonyl (C=O) groups is 1. The highest BCUT2D eigenvalue weighted by molar-refractivity contribution is 5.78. The van der Waals surface area contributed by atoms with E-state index in [9.17, 15) is 4.79 Å². The van der Waals surface area contributed by atoms with Gasteiger partial charge in [0.25, 0.3) is 0 Å². The van der Waals surface area contributed by atoms with E-state index in [1.807, 2.05) is 42.4 Å². The molecule has 0 unspecified atom stereocenters. The summed E-state index contributed by atoms with van der Waals surface area (Å²) < 4.78 is 7.85. The second kappa shape index (κ2) is 7.18. The minimum atomic E-state index is -0.0577. The predicted molar refractivity (Wildman–Crippen MR) is 92.1 cm³/mol. The number of imidazole rings is 1. The molecule has 1 aliphatic heterocycles. The number of aryl methyl sites for hydroxylation is 2. The van der Waals surface area contributed by atoms with Crippen molar-refractivity contribution in [3.63, 3.8) is 0 Å². The summed E-state index contributed by atoms with van der Waals surface area (Å²) in [5.74, 6) is 0.557. The first kappa shape index (κ1) is 17.3. The lowest BCUT2D eigenvalue weighted by atomic mass is 10.0. The number of fused-ring (bicyclic) bond motifs is 1. The van der Waals surface area contributed by atoms with Crippen LogP contribution >= 0.6 is 0 Å². The van der Waals surface area contributed by atoms with Crippen molar-refractivity contribution in [2.45, 2.75) is 25.9 Å². The van der Waals surface area contributed by atoms with Gasteiger partial charge in [0.1, 0.15) is 6.61 Å². The molecule has 0 N–H and O–H groups in total. The molecule has 0 aromatic carbocycles. The zero-order valence-electron chi connectivity index (χ0n) is 15.1. The van der Waals surface area contributed by atoms with Gasteiger partial charge in [-0.2, -0.15) is 0 Å². The summed E-state index contributed by atoms with van der Waals surface area (Å²) in [6.45, 7) is 3.12. The van der Waals surface area contributed by atoms with Crippen molar-refractivity contribution < 1.29 is 9.53 Å². The lowest BCUT2D eigenvalue weighted by Gasteiger charge is -2.35. The maximum atomic E-state index is 12.7. The Labute approximate surface area is 147 Å². The first-order chi connectivity index (χ1) is 11.9. The van der Waals surface area contributed by atoms with Crippen LogP contribution in [0.3, 0.4) is 0 Å². The fourth-order valence-corrected chi connectivity index (χ4v) is 3.02. The molecule has 134 valence electrons. The molecule has 8 heteroatoms. The number of ether oxygens (including phenoxy) is 1. The summed E-state index contributed by atoms with van der Waals surface area (Å²) in [6, 6.07) is -0.0577. The summed E-state index contributed by atoms with van der Waals surface area (Å²) in [5.41, 5.74) is 2.91. The molecule has 3 rings (SSSR count). The van der Waals surface area contributed by atoms with E-state index in [-0.39, 0.29) is 11.9 Å². The van der Waals surface area contributed by atoms with Gasteiger partial charge in [0, 0.05) is 25.4 Å². The number of rotatable bonds is 5. The summed E-state index contributed by atoms with van der Waals surface area (Å²) in [5, 5.41) is 0. The van der Waals surface area contributed by atoms with Crippen LogP contribution < -0.4 is 4.74 Å². The van der Waals surface area contributed by atoms with Crippen LogP contribution in [0.4, 0.5) is 0 Å². The molecule has 1 amide bonds. The van der Waals surface area contributed by atoms with Crippen molar-refractivity contribution in [3.8, 4) is 5.88 Å². The van der Waals surface area contributed by atoms with Crippen molar-refractivity contribution in [2.24, 2.45) is 7.05 Å². The van der Waals surface area contributed by atoms with E-state index in [2.05, 4.69) is 15.0 Å². The molecule has 0 radical (unpaired) electrons. The molecule has 0 bridgehead atoms. The molecule has 1 atom stereocenters. The van der Waals surface area contributed by atoms with E-state index in [1.54, 1.807) is 18.7 Å². The Morgan fingerprint density at radius 2 is 2.20 bits per heavy atom. The maximum Gasteiger partial charge on any atom is 0.237 e. The van der Waals surface area contributed by atoms with Gasteiger partial charge >= 0.3 is 0 Å². The van der Waals surface area contributed by atoms with Crippen molar-refractivity contribution in [3.05, 3.63) is 35.8 Å². The zero-order valence-corrected chi connectivity index (χ0v) is 15.1. The molecule has 0 spiro atoms. The predicted octanol–water partition coefficient (Wildman–Crippen LogP) is 0.412. The summed E-state index contributed by atoms with van der Waals surface area (Å²) in [7, 11) is 5.76. The Bertz CT molecular complexity index is 757. The highest BCUT2D eigenvalue weighted by Crippen LogP contribution is 2.23. The third-order valence-corrected chi connectivity index (χ3v) is 4.26. The Morgan fingerprint density at radius 1 is 1.40 bits per heavy atom. The number of nitrogens with zero attached hydrogens (tertiary/aromatic N) is 6. The van der Waals surface area contributed by atoms with Crippen LogP contribution in [0.2, 0.25) is 0 Å². The lowest BCUT2D eigenvalue weighted by molar-refractivity contribution is -0.136. The number of hydrogen-bond acceptors (Lipinski definition) is 6. The second-order valence-corrected chi connectivity index (χ2v) is 6.68. The minimum Gasteiger partial charge on any atom is -0.474 e. The first-order valence-electron chi connectivity index (χ1n) is 8.28. The standard InChI is InChI=1S/C17H24N6O2/c1-12-6-18-7-16(20-12)25-10-13-5-15-14(19-11-22(15)4)8-23(13)17(24)9-21(2)3/h6-7,11,13H,5,8-10H2,1-4H3/t13-/m0/s1. The Kier molecular flexibility index (Phi) is 4.98. The molecule has 2 aromatic heterocycles. The topological polar surface area (TPSA) is 76.4 Å². The van der Waals surface area contributed by atoms with E-state index in [4.69, 9.17) is 4.74 Å². The van der Waals surface area contributed by atoms with Crippen molar-refractivity contribution in [1.29, 1.82) is 0 Å². The molecule has 2 aromatic rings. The van der Waals surface area contributed by atoms with Crippen LogP contribution in [-0.4, -0.2) is 68.5 Å². The van der Waals surface area contributed by atoms with Gasteiger partial charge in [-0.3, -0.25) is 9.78 Å². The molecular weight excluding hydrogens is 320 g/mol. The number of aromatic nitrogens is 4. The molecule has 8 nitrogen and oxygen atoms in total. The quantitative estimate of drug-likeness (QED) is 0.782. The third kappa shape index (κ3) is 3.96. The molecular formula is C17H24N6O2. The Hall–Kier alpha value is -2.48. The van der Waals surface area contributed by atoms with E-state index in [0.29, 0.717) is 32.0 Å². The van der Waals surface area contributed by atoms with Crippen molar-refractivity contribution >= 4 is 5.91 Å². The monoisotopic (exact) mass is 344 g/mol. The van der Waals surface area contributed by atoms with E-state index < -0.39 is 0 Å². The van der Waals surface area contributed by atoms with Crippen LogP contribution in [0.5, 0.6) is 5.88 Å². The van der Waals surface area contributed by atoms with Crippen LogP contribution in [0.25, 0.3) is 0 Å². The summed E-state index contributed by atoms with van der Waals surface area (Å²) in [4.78, 5) is 29.2. The molecule has 0 saturated heterocycles. The number of likely N-dealkylation sites (N-methyl/N-ethyl adjacent to an activating group) is 1. The van der Waals surface area contributed by atoms with Gasteiger partial charge in [-0.25, -0.2) is 9.97 Å². The SMILES string of the molecule is Cc1cncc(OC[C@@H]2Cc3c(ncn3C)CN2C(=O)CN(C)C)n1. The molecule has 0 aliphatic carbocycles. The fraction of sp³-hybridized carbons (Fsp3) is 0.529. The van der Waals surface area contributed by atoms with Crippen LogP contribution in [-0.2, 0) is 24.8 Å². The van der Waals surface area contributed by atoms with Gasteiger partial charge in [0.15, 0.2) is 0 Å². The molecule has 1 aliphatic rings. The maximum absolute atomic E-state index is 12.7. The van der Waals surface area contributed by atoms with Gasteiger partial charge in [-0.1, -0.05) is 0 Å². The number of amides is 1. The van der Waals surface area contributed by atoms with Gasteiger partial charge in [0.05, 0.1) is 43.0 Å². The van der Waals surface area contributed by atoms with E-state index >= 15 is 0 Å². The normalized spacial score (nSPS) is 16.8. The average molecular weight is 344 g/mol. The number of hydrogen-bond donors (Lipinski definition) is 0. The highest BCUT2D eigenvalue weighted by Gasteiger charge is 2.32. The smallest absolute Gasteiger partial charge is 0.237 e. The average Bonchev–Trinajstić information content (AvgIpc) is 2.92. The van der Waals surface area contributed by atoms with Crippen LogP contribution in [0, 0.1) is 6.92 Å². The largest absolute Gasteiger partial charge is 0.474 e. The van der Waals surface area contributed by atoms with Gasteiger partial charge < -0.3 is 19.1 Å². The van der Waals surface area contributed by atoms with Gasteiger partial charge in [0.2, 0.25) is 11.8 Å². The Balaban J connectivity index is 1.77. The lowest BCUT2D eigenvalue weighted by Crippen LogP contribution is -2.50. The molecule has 3 heterocycles. The van der Waals surface area contributed by atoms with Crippen molar-refractivity contribution in [2.75, 3.05) is 27.2 Å². The molecule has 25 heavy (non-hydrogen) atoms. The highest BCUT2D eigenvalue weighted by atomic mass is 16.5. The minimum absolute atomic E-state index is 0.0577. The molecule has 0 fully saturated rings. The van der Waals surface area contributed by atoms with Crippen LogP contribution in [0.15, 0.2) is 18.7 Å². The van der Waals surface area contributed by atoms with Gasteiger partial charge in [-0.05, 0) is 21.0 Å². The zero-order chi connectivity index (χ0) is 18.0. The summed E-state index contributed by atoms with van der Waals surface area (Å²) >= 11 is 0. The summed E-state index contributed by atoms with van der Waals surface area (Å²) in [6.07, 6.45) is 5.79. The number of carbonyl (C=O) groups excluding carboxylic acids is 1.